The normalized spacial score (nSPS) is 18.1. The second-order valence-electron chi connectivity index (χ2n) is 5.65. The van der Waals surface area contributed by atoms with Crippen LogP contribution in [0.5, 0.6) is 0 Å². The molecular weight excluding hydrogens is 252 g/mol. The summed E-state index contributed by atoms with van der Waals surface area (Å²) in [4.78, 5) is 16.4. The van der Waals surface area contributed by atoms with Gasteiger partial charge < -0.3 is 5.32 Å². The van der Waals surface area contributed by atoms with E-state index >= 15 is 0 Å². The molecule has 1 saturated carbocycles. The number of carbonyl (C=O) groups excluding carboxylic acids is 1. The summed E-state index contributed by atoms with van der Waals surface area (Å²) in [5.41, 5.74) is 1.28. The molecule has 5 nitrogen and oxygen atoms in total. The summed E-state index contributed by atoms with van der Waals surface area (Å²) < 4.78 is 0. The van der Waals surface area contributed by atoms with E-state index in [0.717, 1.165) is 10.9 Å². The van der Waals surface area contributed by atoms with Gasteiger partial charge in [0.25, 0.3) is 5.91 Å². The van der Waals surface area contributed by atoms with Gasteiger partial charge in [0, 0.05) is 18.4 Å². The second-order valence-corrected chi connectivity index (χ2v) is 5.65. The molecule has 0 radical (unpaired) electrons. The summed E-state index contributed by atoms with van der Waals surface area (Å²) in [6, 6.07) is 2.02. The summed E-state index contributed by atoms with van der Waals surface area (Å²) in [6.07, 6.45) is 9.67. The van der Waals surface area contributed by atoms with Crippen LogP contribution in [0.3, 0.4) is 0 Å². The molecule has 1 fully saturated rings. The first kappa shape index (κ1) is 13.1. The monoisotopic (exact) mass is 272 g/mol. The van der Waals surface area contributed by atoms with Crippen molar-refractivity contribution in [3.8, 4) is 0 Å². The first-order valence-electron chi connectivity index (χ1n) is 7.34. The number of carbonyl (C=O) groups is 1. The van der Waals surface area contributed by atoms with Crippen molar-refractivity contribution >= 4 is 16.8 Å². The fraction of sp³-hybridized carbons (Fsp3) is 0.533. The number of rotatable bonds is 3. The smallest absolute Gasteiger partial charge is 0.272 e. The van der Waals surface area contributed by atoms with Crippen LogP contribution in [0.15, 0.2) is 18.5 Å². The van der Waals surface area contributed by atoms with Gasteiger partial charge in [0.1, 0.15) is 0 Å². The molecule has 1 atom stereocenters. The molecule has 0 spiro atoms. The van der Waals surface area contributed by atoms with E-state index in [0.29, 0.717) is 11.6 Å². The van der Waals surface area contributed by atoms with Crippen molar-refractivity contribution in [2.75, 3.05) is 0 Å². The van der Waals surface area contributed by atoms with Gasteiger partial charge in [-0.05, 0) is 31.7 Å². The van der Waals surface area contributed by atoms with E-state index in [1.165, 1.54) is 32.1 Å². The Hall–Kier alpha value is -1.91. The van der Waals surface area contributed by atoms with Crippen molar-refractivity contribution in [3.05, 3.63) is 24.2 Å². The summed E-state index contributed by atoms with van der Waals surface area (Å²) in [6.45, 7) is 2.10. The molecule has 20 heavy (non-hydrogen) atoms. The molecule has 0 bridgehead atoms. The Morgan fingerprint density at radius 3 is 3.00 bits per heavy atom. The zero-order valence-electron chi connectivity index (χ0n) is 11.7. The Balaban J connectivity index is 1.72. The highest BCUT2D eigenvalue weighted by Gasteiger charge is 2.23. The van der Waals surface area contributed by atoms with Crippen molar-refractivity contribution in [1.29, 1.82) is 0 Å². The third kappa shape index (κ3) is 2.53. The molecule has 5 heteroatoms. The SMILES string of the molecule is C[C@@H](NC(=O)c1n[nH]c2ccncc12)C1CCCCC1. The third-order valence-electron chi connectivity index (χ3n) is 4.30. The lowest BCUT2D eigenvalue weighted by Crippen LogP contribution is -2.39. The second kappa shape index (κ2) is 5.61. The van der Waals surface area contributed by atoms with E-state index < -0.39 is 0 Å². The Morgan fingerprint density at radius 1 is 1.40 bits per heavy atom. The molecule has 106 valence electrons. The number of nitrogens with zero attached hydrogens (tertiary/aromatic N) is 2. The van der Waals surface area contributed by atoms with Gasteiger partial charge in [0.15, 0.2) is 5.69 Å². The van der Waals surface area contributed by atoms with Crippen LogP contribution < -0.4 is 5.32 Å². The summed E-state index contributed by atoms with van der Waals surface area (Å²) in [7, 11) is 0. The van der Waals surface area contributed by atoms with Gasteiger partial charge >= 0.3 is 0 Å². The Labute approximate surface area is 118 Å². The highest BCUT2D eigenvalue weighted by molar-refractivity contribution is 6.04. The number of H-pyrrole nitrogens is 1. The molecule has 1 aliphatic rings. The minimum absolute atomic E-state index is 0.109. The maximum Gasteiger partial charge on any atom is 0.272 e. The Bertz CT molecular complexity index is 601. The first-order chi connectivity index (χ1) is 9.75. The molecule has 0 unspecified atom stereocenters. The molecular formula is C15H20N4O. The van der Waals surface area contributed by atoms with Crippen molar-refractivity contribution in [1.82, 2.24) is 20.5 Å². The average molecular weight is 272 g/mol. The number of aromatic amines is 1. The molecule has 0 aliphatic heterocycles. The van der Waals surface area contributed by atoms with Gasteiger partial charge in [-0.3, -0.25) is 14.9 Å². The minimum atomic E-state index is -0.109. The van der Waals surface area contributed by atoms with Gasteiger partial charge in [0.2, 0.25) is 0 Å². The molecule has 2 N–H and O–H groups in total. The highest BCUT2D eigenvalue weighted by atomic mass is 16.2. The molecule has 1 aliphatic carbocycles. The highest BCUT2D eigenvalue weighted by Crippen LogP contribution is 2.26. The van der Waals surface area contributed by atoms with Crippen molar-refractivity contribution < 1.29 is 4.79 Å². The summed E-state index contributed by atoms with van der Waals surface area (Å²) >= 11 is 0. The van der Waals surface area contributed by atoms with E-state index in [-0.39, 0.29) is 11.9 Å². The lowest BCUT2D eigenvalue weighted by atomic mass is 9.84. The number of nitrogens with one attached hydrogen (secondary N) is 2. The van der Waals surface area contributed by atoms with Gasteiger partial charge in [-0.15, -0.1) is 0 Å². The molecule has 3 rings (SSSR count). The topological polar surface area (TPSA) is 70.7 Å². The van der Waals surface area contributed by atoms with Crippen molar-refractivity contribution in [2.45, 2.75) is 45.1 Å². The molecule has 0 aromatic carbocycles. The molecule has 0 saturated heterocycles. The van der Waals surface area contributed by atoms with Crippen molar-refractivity contribution in [3.63, 3.8) is 0 Å². The van der Waals surface area contributed by atoms with E-state index in [4.69, 9.17) is 0 Å². The average Bonchev–Trinajstić information content (AvgIpc) is 2.92. The number of hydrogen-bond acceptors (Lipinski definition) is 3. The number of aromatic nitrogens is 3. The van der Waals surface area contributed by atoms with Crippen LogP contribution in [0.4, 0.5) is 0 Å². The van der Waals surface area contributed by atoms with Crippen molar-refractivity contribution in [2.24, 2.45) is 5.92 Å². The maximum absolute atomic E-state index is 12.4. The maximum atomic E-state index is 12.4. The third-order valence-corrected chi connectivity index (χ3v) is 4.30. The zero-order valence-corrected chi connectivity index (χ0v) is 11.7. The van der Waals surface area contributed by atoms with Crippen LogP contribution >= 0.6 is 0 Å². The quantitative estimate of drug-likeness (QED) is 0.902. The van der Waals surface area contributed by atoms with Crippen LogP contribution in [-0.4, -0.2) is 27.1 Å². The van der Waals surface area contributed by atoms with Crippen LogP contribution in [0.2, 0.25) is 0 Å². The predicted molar refractivity (Wildman–Crippen MR) is 77.4 cm³/mol. The van der Waals surface area contributed by atoms with E-state index in [1.807, 2.05) is 6.07 Å². The first-order valence-corrected chi connectivity index (χ1v) is 7.34. The number of amides is 1. The number of hydrogen-bond donors (Lipinski definition) is 2. The van der Waals surface area contributed by atoms with Crippen LogP contribution in [0.1, 0.15) is 49.5 Å². The van der Waals surface area contributed by atoms with E-state index in [9.17, 15) is 4.79 Å². The lowest BCUT2D eigenvalue weighted by Gasteiger charge is -2.28. The van der Waals surface area contributed by atoms with Crippen LogP contribution in [0.25, 0.3) is 10.9 Å². The molecule has 2 aromatic rings. The fourth-order valence-corrected chi connectivity index (χ4v) is 3.06. The fourth-order valence-electron chi connectivity index (χ4n) is 3.06. The standard InChI is InChI=1S/C15H20N4O/c1-10(11-5-3-2-4-6-11)17-15(20)14-12-9-16-8-7-13(12)18-19-14/h7-11H,2-6H2,1H3,(H,17,20)(H,18,19)/t10-/m1/s1. The van der Waals surface area contributed by atoms with Gasteiger partial charge in [-0.25, -0.2) is 0 Å². The summed E-state index contributed by atoms with van der Waals surface area (Å²) in [5.74, 6) is 0.485. The van der Waals surface area contributed by atoms with Gasteiger partial charge in [0.05, 0.1) is 10.9 Å². The predicted octanol–water partition coefficient (Wildman–Crippen LogP) is 2.66. The number of fused-ring (bicyclic) bond motifs is 1. The van der Waals surface area contributed by atoms with E-state index in [1.54, 1.807) is 12.4 Å². The largest absolute Gasteiger partial charge is 0.348 e. The molecule has 2 aromatic heterocycles. The molecule has 2 heterocycles. The Morgan fingerprint density at radius 2 is 2.20 bits per heavy atom. The minimum Gasteiger partial charge on any atom is -0.348 e. The van der Waals surface area contributed by atoms with Gasteiger partial charge in [-0.1, -0.05) is 19.3 Å². The van der Waals surface area contributed by atoms with E-state index in [2.05, 4.69) is 27.4 Å². The van der Waals surface area contributed by atoms with Crippen LogP contribution in [-0.2, 0) is 0 Å². The lowest BCUT2D eigenvalue weighted by molar-refractivity contribution is 0.0916. The van der Waals surface area contributed by atoms with Crippen LogP contribution in [0, 0.1) is 5.92 Å². The molecule has 1 amide bonds. The summed E-state index contributed by atoms with van der Waals surface area (Å²) in [5, 5.41) is 10.9. The zero-order chi connectivity index (χ0) is 13.9. The Kier molecular flexibility index (Phi) is 3.67. The number of pyridine rings is 1. The van der Waals surface area contributed by atoms with Gasteiger partial charge in [-0.2, -0.15) is 5.10 Å².